The largest absolute Gasteiger partial charge is 0.480 e. The van der Waals surface area contributed by atoms with Gasteiger partial charge in [0.05, 0.1) is 17.1 Å². The Morgan fingerprint density at radius 1 is 1.03 bits per heavy atom. The third kappa shape index (κ3) is 3.42. The van der Waals surface area contributed by atoms with E-state index in [9.17, 15) is 14.7 Å². The van der Waals surface area contributed by atoms with E-state index in [1.165, 1.54) is 17.0 Å². The van der Waals surface area contributed by atoms with Gasteiger partial charge in [0.1, 0.15) is 6.04 Å². The van der Waals surface area contributed by atoms with Crippen LogP contribution in [0.3, 0.4) is 0 Å². The molecule has 158 valence electrons. The molecule has 0 aliphatic rings. The summed E-state index contributed by atoms with van der Waals surface area (Å²) in [6.07, 6.45) is 4.87. The van der Waals surface area contributed by atoms with E-state index >= 15 is 0 Å². The first-order chi connectivity index (χ1) is 15.5. The van der Waals surface area contributed by atoms with Gasteiger partial charge >= 0.3 is 5.97 Å². The number of carboxylic acid groups (broad SMARTS) is 1. The summed E-state index contributed by atoms with van der Waals surface area (Å²) in [4.78, 5) is 29.7. The zero-order valence-corrected chi connectivity index (χ0v) is 17.5. The van der Waals surface area contributed by atoms with E-state index in [0.717, 1.165) is 16.7 Å². The van der Waals surface area contributed by atoms with E-state index in [-0.39, 0.29) is 6.42 Å². The maximum atomic E-state index is 13.2. The van der Waals surface area contributed by atoms with E-state index in [2.05, 4.69) is 10.1 Å². The second-order valence-electron chi connectivity index (χ2n) is 7.43. The molecule has 0 aliphatic carbocycles. The number of aliphatic carboxylic acids is 1. The summed E-state index contributed by atoms with van der Waals surface area (Å²) in [6, 6.07) is 17.2. The Hall–Kier alpha value is -3.97. The van der Waals surface area contributed by atoms with Crippen molar-refractivity contribution >= 4 is 34.1 Å². The van der Waals surface area contributed by atoms with Crippen molar-refractivity contribution in [3.63, 3.8) is 0 Å². The summed E-state index contributed by atoms with van der Waals surface area (Å²) in [5.74, 6) is -1.08. The number of carbonyl (C=O) groups is 1. The molecule has 0 radical (unpaired) electrons. The lowest BCUT2D eigenvalue weighted by atomic mass is 10.1. The zero-order valence-electron chi connectivity index (χ0n) is 16.7. The zero-order chi connectivity index (χ0) is 22.2. The Bertz CT molecular complexity index is 1510. The predicted molar refractivity (Wildman–Crippen MR) is 122 cm³/mol. The minimum atomic E-state index is -1.08. The molecular formula is C24H17ClN4O3. The quantitative estimate of drug-likeness (QED) is 0.438. The molecule has 5 rings (SSSR count). The minimum absolute atomic E-state index is 0.194. The number of rotatable bonds is 5. The van der Waals surface area contributed by atoms with Crippen LogP contribution in [0.5, 0.6) is 0 Å². The van der Waals surface area contributed by atoms with Crippen molar-refractivity contribution in [2.75, 3.05) is 0 Å². The number of halogens is 1. The molecule has 3 heterocycles. The van der Waals surface area contributed by atoms with Crippen molar-refractivity contribution in [3.8, 4) is 11.1 Å². The van der Waals surface area contributed by atoms with Crippen LogP contribution in [0.1, 0.15) is 11.6 Å². The van der Waals surface area contributed by atoms with Crippen LogP contribution in [0, 0.1) is 0 Å². The fourth-order valence-electron chi connectivity index (χ4n) is 3.85. The maximum absolute atomic E-state index is 13.2. The van der Waals surface area contributed by atoms with Crippen molar-refractivity contribution in [1.82, 2.24) is 19.2 Å². The average molecular weight is 445 g/mol. The number of hydrogen-bond donors (Lipinski definition) is 1. The van der Waals surface area contributed by atoms with E-state index < -0.39 is 17.6 Å². The van der Waals surface area contributed by atoms with Gasteiger partial charge in [-0.1, -0.05) is 54.1 Å². The highest BCUT2D eigenvalue weighted by molar-refractivity contribution is 6.30. The van der Waals surface area contributed by atoms with Crippen LogP contribution in [0.2, 0.25) is 5.02 Å². The normalized spacial score (nSPS) is 12.3. The van der Waals surface area contributed by atoms with Crippen molar-refractivity contribution in [2.45, 2.75) is 12.5 Å². The summed E-state index contributed by atoms with van der Waals surface area (Å²) in [6.45, 7) is 0. The number of pyridine rings is 1. The second-order valence-corrected chi connectivity index (χ2v) is 7.87. The molecule has 7 nitrogen and oxygen atoms in total. The number of carboxylic acids is 1. The summed E-state index contributed by atoms with van der Waals surface area (Å²) in [5, 5.41) is 15.2. The lowest BCUT2D eigenvalue weighted by Gasteiger charge is -2.16. The summed E-state index contributed by atoms with van der Waals surface area (Å²) >= 11 is 5.99. The van der Waals surface area contributed by atoms with E-state index in [1.807, 2.05) is 42.5 Å². The SMILES string of the molecule is O=C(O)[C@@H](Cc1ccccc1)n1ccc2c(cnc3c(-c4ccc(Cl)cc4)cnn32)c1=O. The maximum Gasteiger partial charge on any atom is 0.327 e. The topological polar surface area (TPSA) is 89.5 Å². The third-order valence-corrected chi connectivity index (χ3v) is 5.72. The van der Waals surface area contributed by atoms with Crippen LogP contribution in [0.4, 0.5) is 0 Å². The highest BCUT2D eigenvalue weighted by Gasteiger charge is 2.23. The van der Waals surface area contributed by atoms with Gasteiger partial charge in [-0.15, -0.1) is 0 Å². The molecule has 0 saturated carbocycles. The molecule has 0 spiro atoms. The number of fused-ring (bicyclic) bond motifs is 3. The highest BCUT2D eigenvalue weighted by Crippen LogP contribution is 2.26. The molecule has 0 aliphatic heterocycles. The Balaban J connectivity index is 1.62. The van der Waals surface area contributed by atoms with E-state index in [4.69, 9.17) is 11.6 Å². The van der Waals surface area contributed by atoms with Gasteiger partial charge in [0.15, 0.2) is 5.65 Å². The van der Waals surface area contributed by atoms with Gasteiger partial charge in [-0.05, 0) is 29.3 Å². The van der Waals surface area contributed by atoms with Crippen LogP contribution in [-0.2, 0) is 11.2 Å². The van der Waals surface area contributed by atoms with Gasteiger partial charge in [0.25, 0.3) is 5.56 Å². The number of hydrogen-bond acceptors (Lipinski definition) is 4. The van der Waals surface area contributed by atoms with Gasteiger partial charge in [-0.2, -0.15) is 5.10 Å². The Morgan fingerprint density at radius 3 is 2.50 bits per heavy atom. The van der Waals surface area contributed by atoms with Crippen molar-refractivity contribution < 1.29 is 9.90 Å². The smallest absolute Gasteiger partial charge is 0.327 e. The van der Waals surface area contributed by atoms with E-state index in [0.29, 0.717) is 21.6 Å². The molecule has 0 saturated heterocycles. The molecule has 1 atom stereocenters. The fourth-order valence-corrected chi connectivity index (χ4v) is 3.98. The predicted octanol–water partition coefficient (Wildman–Crippen LogP) is 4.23. The average Bonchev–Trinajstić information content (AvgIpc) is 3.24. The van der Waals surface area contributed by atoms with E-state index in [1.54, 1.807) is 28.9 Å². The van der Waals surface area contributed by atoms with Crippen LogP contribution >= 0.6 is 11.6 Å². The van der Waals surface area contributed by atoms with Gasteiger partial charge in [-0.3, -0.25) is 4.79 Å². The van der Waals surface area contributed by atoms with Crippen molar-refractivity contribution in [1.29, 1.82) is 0 Å². The van der Waals surface area contributed by atoms with Crippen LogP contribution in [0.25, 0.3) is 27.7 Å². The molecule has 0 amide bonds. The first kappa shape index (κ1) is 20.0. The first-order valence-electron chi connectivity index (χ1n) is 9.93. The first-order valence-corrected chi connectivity index (χ1v) is 10.3. The van der Waals surface area contributed by atoms with Gasteiger partial charge < -0.3 is 9.67 Å². The summed E-state index contributed by atoms with van der Waals surface area (Å²) in [5.41, 5.74) is 3.26. The van der Waals surface area contributed by atoms with Gasteiger partial charge in [0, 0.05) is 29.4 Å². The molecule has 32 heavy (non-hydrogen) atoms. The highest BCUT2D eigenvalue weighted by atomic mass is 35.5. The summed E-state index contributed by atoms with van der Waals surface area (Å²) < 4.78 is 2.84. The Kier molecular flexibility index (Phi) is 4.95. The molecule has 1 N–H and O–H groups in total. The van der Waals surface area contributed by atoms with Crippen LogP contribution in [0.15, 0.2) is 84.0 Å². The fraction of sp³-hybridized carbons (Fsp3) is 0.0833. The monoisotopic (exact) mass is 444 g/mol. The minimum Gasteiger partial charge on any atom is -0.480 e. The lowest BCUT2D eigenvalue weighted by Crippen LogP contribution is -2.31. The van der Waals surface area contributed by atoms with Crippen molar-refractivity contribution in [3.05, 3.63) is 100 Å². The molecular weight excluding hydrogens is 428 g/mol. The Labute approximate surface area is 187 Å². The Morgan fingerprint density at radius 2 is 1.78 bits per heavy atom. The standard InChI is InChI=1S/C24H17ClN4O3/c25-17-8-6-16(7-9-17)18-14-27-29-20-10-11-28(23(30)19(20)13-26-22(18)29)21(24(31)32)12-15-4-2-1-3-5-15/h1-11,13-14,21H,12H2,(H,31,32)/t21-/m1/s1. The summed E-state index contributed by atoms with van der Waals surface area (Å²) in [7, 11) is 0. The third-order valence-electron chi connectivity index (χ3n) is 5.47. The lowest BCUT2D eigenvalue weighted by molar-refractivity contribution is -0.141. The number of nitrogens with zero attached hydrogens (tertiary/aromatic N) is 4. The molecule has 3 aromatic heterocycles. The molecule has 5 aromatic rings. The number of benzene rings is 2. The number of aromatic nitrogens is 4. The molecule has 0 bridgehead atoms. The second kappa shape index (κ2) is 7.94. The molecule has 8 heteroatoms. The molecule has 0 fully saturated rings. The van der Waals surface area contributed by atoms with Crippen molar-refractivity contribution in [2.24, 2.45) is 0 Å². The van der Waals surface area contributed by atoms with Gasteiger partial charge in [0.2, 0.25) is 0 Å². The molecule has 0 unspecified atom stereocenters. The molecule has 2 aromatic carbocycles. The van der Waals surface area contributed by atoms with Crippen LogP contribution in [-0.4, -0.2) is 30.2 Å². The van der Waals surface area contributed by atoms with Crippen LogP contribution < -0.4 is 5.56 Å². The van der Waals surface area contributed by atoms with Gasteiger partial charge in [-0.25, -0.2) is 14.3 Å².